The summed E-state index contributed by atoms with van der Waals surface area (Å²) in [4.78, 5) is 6.36. The van der Waals surface area contributed by atoms with Crippen LogP contribution in [-0.4, -0.2) is 4.98 Å². The number of halogens is 1. The molecule has 1 aromatic heterocycles. The smallest absolute Gasteiger partial charge is 0.240 e. The molecule has 0 spiro atoms. The van der Waals surface area contributed by atoms with Gasteiger partial charge in [0.25, 0.3) is 0 Å². The Hall–Kier alpha value is -1.35. The van der Waals surface area contributed by atoms with E-state index in [0.717, 1.165) is 5.52 Å². The Morgan fingerprint density at radius 3 is 2.79 bits per heavy atom. The monoisotopic (exact) mass is 248 g/mol. The highest BCUT2D eigenvalue weighted by atomic mass is 79.9. The lowest BCUT2D eigenvalue weighted by atomic mass is 10.1. The summed E-state index contributed by atoms with van der Waals surface area (Å²) in [5, 5.41) is 2.53. The van der Waals surface area contributed by atoms with Gasteiger partial charge in [0.2, 0.25) is 6.33 Å². The normalized spacial score (nSPS) is 10.3. The van der Waals surface area contributed by atoms with E-state index in [1.165, 1.54) is 16.3 Å². The van der Waals surface area contributed by atoms with Crippen molar-refractivity contribution in [3.8, 4) is 0 Å². The van der Waals surface area contributed by atoms with Gasteiger partial charge in [-0.1, -0.05) is 18.2 Å². The van der Waals surface area contributed by atoms with Gasteiger partial charge in [-0.2, -0.15) is 0 Å². The van der Waals surface area contributed by atoms with Crippen molar-refractivity contribution in [3.05, 3.63) is 42.7 Å². The highest BCUT2D eigenvalue weighted by Crippen LogP contribution is 2.19. The molecular formula is C11H9BrN2. The van der Waals surface area contributed by atoms with Crippen LogP contribution in [0.3, 0.4) is 0 Å². The molecule has 0 aliphatic carbocycles. The molecule has 0 amide bonds. The average Bonchev–Trinajstić information content (AvgIpc) is 2.65. The van der Waals surface area contributed by atoms with Crippen molar-refractivity contribution in [1.29, 1.82) is 0 Å². The van der Waals surface area contributed by atoms with Crippen LogP contribution < -0.4 is 22.0 Å². The first kappa shape index (κ1) is 9.21. The zero-order valence-electron chi connectivity index (χ0n) is 7.42. The Labute approximate surface area is 91.7 Å². The van der Waals surface area contributed by atoms with Crippen molar-refractivity contribution in [2.24, 2.45) is 0 Å². The number of hydrogen-bond donors (Lipinski definition) is 1. The Kier molecular flexibility index (Phi) is 2.25. The Balaban J connectivity index is 0.000000750. The summed E-state index contributed by atoms with van der Waals surface area (Å²) in [5.74, 6) is 0. The summed E-state index contributed by atoms with van der Waals surface area (Å²) in [6, 6.07) is 12.6. The molecule has 3 rings (SSSR count). The Morgan fingerprint density at radius 2 is 1.86 bits per heavy atom. The molecule has 1 heterocycles. The third-order valence-electron chi connectivity index (χ3n) is 2.37. The number of benzene rings is 2. The first-order chi connectivity index (χ1) is 6.45. The van der Waals surface area contributed by atoms with Crippen LogP contribution >= 0.6 is 0 Å². The highest BCUT2D eigenvalue weighted by molar-refractivity contribution is 6.01. The first-order valence-corrected chi connectivity index (χ1v) is 4.32. The molecule has 0 aliphatic rings. The molecule has 0 bridgehead atoms. The minimum absolute atomic E-state index is 0. The van der Waals surface area contributed by atoms with Gasteiger partial charge in [0.1, 0.15) is 0 Å². The second-order valence-corrected chi connectivity index (χ2v) is 3.14. The van der Waals surface area contributed by atoms with Gasteiger partial charge in [0, 0.05) is 5.39 Å². The summed E-state index contributed by atoms with van der Waals surface area (Å²) >= 11 is 0. The zero-order chi connectivity index (χ0) is 8.67. The lowest BCUT2D eigenvalue weighted by molar-refractivity contribution is -0.343. The SMILES string of the molecule is [Br-].c1ccc2c(c1)ccc1[nH]c[nH+]c12. The fourth-order valence-electron chi connectivity index (χ4n) is 1.73. The molecule has 2 aromatic carbocycles. The van der Waals surface area contributed by atoms with Gasteiger partial charge in [0.05, 0.1) is 0 Å². The van der Waals surface area contributed by atoms with E-state index in [1.54, 1.807) is 0 Å². The van der Waals surface area contributed by atoms with Crippen molar-refractivity contribution in [2.75, 3.05) is 0 Å². The number of hydrogen-bond acceptors (Lipinski definition) is 0. The molecular weight excluding hydrogens is 240 g/mol. The van der Waals surface area contributed by atoms with Gasteiger partial charge < -0.3 is 17.0 Å². The molecule has 70 valence electrons. The van der Waals surface area contributed by atoms with E-state index in [0.29, 0.717) is 0 Å². The van der Waals surface area contributed by atoms with Crippen molar-refractivity contribution >= 4 is 21.8 Å². The lowest BCUT2D eigenvalue weighted by Crippen LogP contribution is -3.00. The lowest BCUT2D eigenvalue weighted by Gasteiger charge is -1.93. The predicted octanol–water partition coefficient (Wildman–Crippen LogP) is -0.861. The number of aromatic amines is 2. The van der Waals surface area contributed by atoms with E-state index >= 15 is 0 Å². The van der Waals surface area contributed by atoms with E-state index in [1.807, 2.05) is 6.33 Å². The first-order valence-electron chi connectivity index (χ1n) is 4.32. The highest BCUT2D eigenvalue weighted by Gasteiger charge is 2.04. The molecule has 0 atom stereocenters. The molecule has 0 aliphatic heterocycles. The van der Waals surface area contributed by atoms with Crippen LogP contribution in [0.1, 0.15) is 0 Å². The number of fused-ring (bicyclic) bond motifs is 3. The van der Waals surface area contributed by atoms with Crippen LogP contribution in [0.15, 0.2) is 42.7 Å². The van der Waals surface area contributed by atoms with Gasteiger partial charge in [-0.15, -0.1) is 0 Å². The van der Waals surface area contributed by atoms with Gasteiger partial charge in [-0.05, 0) is 23.6 Å². The van der Waals surface area contributed by atoms with Crippen LogP contribution in [-0.2, 0) is 0 Å². The van der Waals surface area contributed by atoms with Crippen molar-refractivity contribution < 1.29 is 22.0 Å². The number of aromatic nitrogens is 2. The van der Waals surface area contributed by atoms with Crippen molar-refractivity contribution in [2.45, 2.75) is 0 Å². The molecule has 3 heteroatoms. The molecule has 14 heavy (non-hydrogen) atoms. The van der Waals surface area contributed by atoms with Crippen LogP contribution in [0.4, 0.5) is 0 Å². The maximum absolute atomic E-state index is 3.21. The Bertz CT molecular complexity index is 571. The minimum Gasteiger partial charge on any atom is -1.00 e. The van der Waals surface area contributed by atoms with Crippen LogP contribution in [0.5, 0.6) is 0 Å². The van der Waals surface area contributed by atoms with E-state index in [4.69, 9.17) is 0 Å². The Morgan fingerprint density at radius 1 is 1.00 bits per heavy atom. The quantitative estimate of drug-likeness (QED) is 0.537. The summed E-state index contributed by atoms with van der Waals surface area (Å²) in [6.07, 6.45) is 1.86. The molecule has 0 saturated carbocycles. The van der Waals surface area contributed by atoms with E-state index < -0.39 is 0 Å². The van der Waals surface area contributed by atoms with Crippen LogP contribution in [0, 0.1) is 0 Å². The molecule has 0 radical (unpaired) electrons. The summed E-state index contributed by atoms with van der Waals surface area (Å²) in [7, 11) is 0. The van der Waals surface area contributed by atoms with Crippen molar-refractivity contribution in [3.63, 3.8) is 0 Å². The number of imidazole rings is 1. The third kappa shape index (κ3) is 1.21. The molecule has 3 aromatic rings. The summed E-state index contributed by atoms with van der Waals surface area (Å²) in [5.41, 5.74) is 2.33. The molecule has 0 fully saturated rings. The van der Waals surface area contributed by atoms with E-state index in [-0.39, 0.29) is 17.0 Å². The average molecular weight is 249 g/mol. The molecule has 0 unspecified atom stereocenters. The number of nitrogens with one attached hydrogen (secondary N) is 2. The fraction of sp³-hybridized carbons (Fsp3) is 0. The fourth-order valence-corrected chi connectivity index (χ4v) is 1.73. The van der Waals surface area contributed by atoms with Crippen LogP contribution in [0.2, 0.25) is 0 Å². The molecule has 0 saturated heterocycles. The summed E-state index contributed by atoms with van der Waals surface area (Å²) < 4.78 is 0. The maximum atomic E-state index is 3.21. The third-order valence-corrected chi connectivity index (χ3v) is 2.37. The van der Waals surface area contributed by atoms with Gasteiger partial charge in [-0.25, -0.2) is 9.97 Å². The topological polar surface area (TPSA) is 29.9 Å². The van der Waals surface area contributed by atoms with Gasteiger partial charge in [-0.3, -0.25) is 0 Å². The zero-order valence-corrected chi connectivity index (χ0v) is 9.01. The minimum atomic E-state index is 0. The second-order valence-electron chi connectivity index (χ2n) is 3.14. The largest absolute Gasteiger partial charge is 1.00 e. The second kappa shape index (κ2) is 3.42. The van der Waals surface area contributed by atoms with Gasteiger partial charge >= 0.3 is 0 Å². The molecule has 2 N–H and O–H groups in total. The van der Waals surface area contributed by atoms with Crippen LogP contribution in [0.25, 0.3) is 21.8 Å². The number of rotatable bonds is 0. The van der Waals surface area contributed by atoms with E-state index in [9.17, 15) is 0 Å². The van der Waals surface area contributed by atoms with Crippen molar-refractivity contribution in [1.82, 2.24) is 4.98 Å². The summed E-state index contributed by atoms with van der Waals surface area (Å²) in [6.45, 7) is 0. The number of H-pyrrole nitrogens is 2. The molecule has 2 nitrogen and oxygen atoms in total. The maximum Gasteiger partial charge on any atom is 0.240 e. The predicted molar refractivity (Wildman–Crippen MR) is 52.4 cm³/mol. The van der Waals surface area contributed by atoms with E-state index in [2.05, 4.69) is 46.4 Å². The standard InChI is InChI=1S/C11H8N2.BrH/c1-2-4-9-8(3-1)5-6-10-11(9)13-7-12-10;/h1-7H,(H,12,13);1H. The van der Waals surface area contributed by atoms with Gasteiger partial charge in [0.15, 0.2) is 11.0 Å².